The molecular formula is C31H35ClN2O2RuS. The fourth-order valence-corrected chi connectivity index (χ4v) is 5.60. The van der Waals surface area contributed by atoms with Crippen molar-refractivity contribution in [1.29, 1.82) is 0 Å². The van der Waals surface area contributed by atoms with Gasteiger partial charge in [0.1, 0.15) is 0 Å². The second-order valence-electron chi connectivity index (χ2n) is 9.45. The summed E-state index contributed by atoms with van der Waals surface area (Å²) in [4.78, 5) is -1.42. The molecule has 0 aliphatic heterocycles. The summed E-state index contributed by atoms with van der Waals surface area (Å²) in [6.07, 6.45) is 0. The minimum Gasteiger partial charge on any atom is -0.321 e. The molecule has 0 heterocycles. The van der Waals surface area contributed by atoms with Crippen LogP contribution in [0.2, 0.25) is 0 Å². The van der Waals surface area contributed by atoms with Crippen LogP contribution in [0.5, 0.6) is 0 Å². The van der Waals surface area contributed by atoms with Gasteiger partial charge >= 0.3 is 0 Å². The maximum absolute atomic E-state index is 13.0. The van der Waals surface area contributed by atoms with Gasteiger partial charge in [-0.05, 0) is 48.6 Å². The molecule has 7 heteroatoms. The van der Waals surface area contributed by atoms with E-state index in [1.807, 2.05) is 43.3 Å². The van der Waals surface area contributed by atoms with Crippen LogP contribution in [0.25, 0.3) is 0 Å². The third-order valence-electron chi connectivity index (χ3n) is 6.14. The van der Waals surface area contributed by atoms with Gasteiger partial charge in [0.05, 0.1) is 10.9 Å². The number of benzene rings is 4. The fraction of sp³-hybridized carbons (Fsp3) is 0.226. The van der Waals surface area contributed by atoms with E-state index in [1.54, 1.807) is 48.5 Å². The topological polar surface area (TPSA) is 72.2 Å². The first-order valence-corrected chi connectivity index (χ1v) is 14.1. The molecule has 0 aliphatic rings. The third-order valence-corrected chi connectivity index (χ3v) is 8.28. The minimum absolute atomic E-state index is 0. The number of halogens is 1. The Morgan fingerprint density at radius 1 is 0.711 bits per heavy atom. The first-order chi connectivity index (χ1) is 17.5. The third kappa shape index (κ3) is 8.33. The zero-order valence-corrected chi connectivity index (χ0v) is 25.4. The largest absolute Gasteiger partial charge is 0.321 e. The predicted molar refractivity (Wildman–Crippen MR) is 154 cm³/mol. The van der Waals surface area contributed by atoms with Crippen molar-refractivity contribution in [1.82, 2.24) is 4.72 Å². The fourth-order valence-electron chi connectivity index (χ4n) is 3.80. The van der Waals surface area contributed by atoms with Crippen LogP contribution in [0.4, 0.5) is 0 Å². The molecule has 202 valence electrons. The smallest absolute Gasteiger partial charge is 0.242 e. The summed E-state index contributed by atoms with van der Waals surface area (Å²) in [6, 6.07) is 32.6. The van der Waals surface area contributed by atoms with E-state index in [1.165, 1.54) is 11.1 Å². The predicted octanol–water partition coefficient (Wildman–Crippen LogP) is 7.18. The second kappa shape index (κ2) is 14.2. The van der Waals surface area contributed by atoms with E-state index in [2.05, 4.69) is 49.8 Å². The molecule has 0 amide bonds. The zero-order chi connectivity index (χ0) is 27.1. The van der Waals surface area contributed by atoms with Crippen molar-refractivity contribution in [3.8, 4) is 0 Å². The molecule has 0 aromatic heterocycles. The van der Waals surface area contributed by atoms with Crippen LogP contribution in [0.15, 0.2) is 114 Å². The second-order valence-corrected chi connectivity index (χ2v) is 11.7. The van der Waals surface area contributed by atoms with Crippen LogP contribution in [0.1, 0.15) is 53.6 Å². The van der Waals surface area contributed by atoms with Gasteiger partial charge in [-0.1, -0.05) is 134 Å². The number of nitrogens with one attached hydrogen (secondary N) is 1. The summed E-state index contributed by atoms with van der Waals surface area (Å²) < 4.78 is 28.7. The Morgan fingerprint density at radius 3 is 1.63 bits per heavy atom. The molecule has 0 saturated heterocycles. The molecule has 0 radical (unpaired) electrons. The van der Waals surface area contributed by atoms with Crippen LogP contribution in [0.3, 0.4) is 0 Å². The van der Waals surface area contributed by atoms with Gasteiger partial charge in [-0.3, -0.25) is 0 Å². The number of rotatable bonds is 7. The van der Waals surface area contributed by atoms with Crippen molar-refractivity contribution < 1.29 is 27.9 Å². The molecule has 0 aliphatic carbocycles. The Hall–Kier alpha value is -2.34. The average Bonchev–Trinajstić information content (AvgIpc) is 2.90. The number of aryl methyl sites for hydroxylation is 2. The molecule has 4 aromatic carbocycles. The van der Waals surface area contributed by atoms with Crippen LogP contribution >= 0.6 is 11.6 Å². The van der Waals surface area contributed by atoms with E-state index < -0.39 is 21.1 Å². The van der Waals surface area contributed by atoms with E-state index in [0.29, 0.717) is 11.5 Å². The quantitative estimate of drug-likeness (QED) is 0.128. The summed E-state index contributed by atoms with van der Waals surface area (Å²) in [6.45, 7) is 8.43. The van der Waals surface area contributed by atoms with E-state index in [9.17, 15) is 8.42 Å². The van der Waals surface area contributed by atoms with Crippen LogP contribution in [-0.2, 0) is 34.5 Å². The normalized spacial score (nSPS) is 13.4. The molecular weight excluding hydrogens is 601 g/mol. The Kier molecular flexibility index (Phi) is 11.9. The summed E-state index contributed by atoms with van der Waals surface area (Å²) in [5.74, 6) is 0.653. The molecule has 4 nitrogen and oxygen atoms in total. The van der Waals surface area contributed by atoms with Crippen molar-refractivity contribution in [2.75, 3.05) is 0 Å². The average molecular weight is 636 g/mol. The SMILES string of the molecule is Cc1ccc(C(C)C)cc1.Cc1ccc(S(=O)(=O)N[C@@](Cl)(c2ccccc2)[C@@H](N)c2ccccc2)cc1.[Ru]. The van der Waals surface area contributed by atoms with Gasteiger partial charge in [0.15, 0.2) is 5.00 Å². The molecule has 0 unspecified atom stereocenters. The van der Waals surface area contributed by atoms with Crippen LogP contribution in [-0.4, -0.2) is 8.42 Å². The standard InChI is InChI=1S/C21H21ClN2O2S.C10H14.Ru/c1-16-12-14-19(15-13-16)27(25,26)24-21(22,18-10-6-3-7-11-18)20(23)17-8-4-2-5-9-17;1-8(2)10-6-4-9(3)5-7-10;/h2-15,20,24H,23H2,1H3;4-8H,1-3H3;/t20-,21-;;/m0../s1. The number of sulfonamides is 1. The van der Waals surface area contributed by atoms with E-state index in [-0.39, 0.29) is 24.4 Å². The molecule has 2 atom stereocenters. The van der Waals surface area contributed by atoms with Crippen molar-refractivity contribution in [3.05, 3.63) is 137 Å². The van der Waals surface area contributed by atoms with Gasteiger partial charge in [-0.2, -0.15) is 4.72 Å². The first-order valence-electron chi connectivity index (χ1n) is 12.2. The minimum atomic E-state index is -3.90. The van der Waals surface area contributed by atoms with Crippen LogP contribution in [0, 0.1) is 13.8 Å². The number of hydrogen-bond acceptors (Lipinski definition) is 3. The van der Waals surface area contributed by atoms with Crippen molar-refractivity contribution in [2.24, 2.45) is 5.73 Å². The first kappa shape index (κ1) is 31.9. The van der Waals surface area contributed by atoms with Gasteiger partial charge in [0, 0.05) is 19.5 Å². The molecule has 0 fully saturated rings. The van der Waals surface area contributed by atoms with Gasteiger partial charge < -0.3 is 5.73 Å². The van der Waals surface area contributed by atoms with Crippen LogP contribution < -0.4 is 10.5 Å². The van der Waals surface area contributed by atoms with E-state index in [4.69, 9.17) is 17.3 Å². The van der Waals surface area contributed by atoms with Crippen molar-refractivity contribution in [3.63, 3.8) is 0 Å². The molecule has 38 heavy (non-hydrogen) atoms. The van der Waals surface area contributed by atoms with Crippen molar-refractivity contribution in [2.45, 2.75) is 49.5 Å². The molecule has 0 spiro atoms. The number of hydrogen-bond donors (Lipinski definition) is 2. The van der Waals surface area contributed by atoms with E-state index in [0.717, 1.165) is 11.1 Å². The Bertz CT molecular complexity index is 1370. The Labute approximate surface area is 245 Å². The maximum atomic E-state index is 13.0. The Balaban J connectivity index is 0.000000389. The molecule has 0 bridgehead atoms. The van der Waals surface area contributed by atoms with Gasteiger partial charge in [-0.15, -0.1) is 0 Å². The van der Waals surface area contributed by atoms with Gasteiger partial charge in [-0.25, -0.2) is 8.42 Å². The van der Waals surface area contributed by atoms with Crippen molar-refractivity contribution >= 4 is 21.6 Å². The Morgan fingerprint density at radius 2 is 1.16 bits per heavy atom. The number of alkyl halides is 1. The van der Waals surface area contributed by atoms with Gasteiger partial charge in [0.25, 0.3) is 0 Å². The molecule has 4 aromatic rings. The summed E-state index contributed by atoms with van der Waals surface area (Å²) in [5.41, 5.74) is 11.5. The summed E-state index contributed by atoms with van der Waals surface area (Å²) in [7, 11) is -3.90. The monoisotopic (exact) mass is 636 g/mol. The van der Waals surface area contributed by atoms with Gasteiger partial charge in [0.2, 0.25) is 10.0 Å². The zero-order valence-electron chi connectivity index (χ0n) is 22.1. The molecule has 3 N–H and O–H groups in total. The van der Waals surface area contributed by atoms with E-state index >= 15 is 0 Å². The summed E-state index contributed by atoms with van der Waals surface area (Å²) in [5, 5.41) is 0. The number of nitrogens with two attached hydrogens (primary N) is 1. The maximum Gasteiger partial charge on any atom is 0.242 e. The molecule has 0 saturated carbocycles. The summed E-state index contributed by atoms with van der Waals surface area (Å²) >= 11 is 6.90. The molecule has 4 rings (SSSR count).